The van der Waals surface area contributed by atoms with E-state index in [1.54, 1.807) is 12.1 Å². The molecule has 8 heteroatoms. The molecule has 0 atom stereocenters. The van der Waals surface area contributed by atoms with Crippen LogP contribution in [-0.2, 0) is 18.5 Å². The molecular formula is C19H27B2ClFN3O. The van der Waals surface area contributed by atoms with Crippen LogP contribution < -0.4 is 10.1 Å². The van der Waals surface area contributed by atoms with Crippen molar-refractivity contribution >= 4 is 27.3 Å². The predicted molar refractivity (Wildman–Crippen MR) is 112 cm³/mol. The molecule has 1 fully saturated rings. The van der Waals surface area contributed by atoms with Crippen molar-refractivity contribution in [1.82, 2.24) is 15.1 Å². The van der Waals surface area contributed by atoms with Gasteiger partial charge < -0.3 is 10.1 Å². The quantitative estimate of drug-likeness (QED) is 0.740. The van der Waals surface area contributed by atoms with Crippen LogP contribution in [-0.4, -0.2) is 32.5 Å². The van der Waals surface area contributed by atoms with E-state index < -0.39 is 5.40 Å². The van der Waals surface area contributed by atoms with Crippen molar-refractivity contribution in [3.05, 3.63) is 46.4 Å². The lowest BCUT2D eigenvalue weighted by molar-refractivity contribution is 0.202. The lowest BCUT2D eigenvalue weighted by atomic mass is 9.61. The molecule has 0 radical (unpaired) electrons. The largest absolute Gasteiger partial charge is 0.486 e. The standard InChI is InChI=1S/C19H27B2ClFN3O/c1-24-11-15-10-18(26(25-15)12-13-5-3-2-4-6-13)27-19(20,21)16-9-14(22)7-8-17(16)23/h7-10,13,24H,2-6,11-12,20-21H2,1H3. The molecule has 0 saturated heterocycles. The topological polar surface area (TPSA) is 39.1 Å². The molecule has 3 rings (SSSR count). The monoisotopic (exact) mass is 389 g/mol. The maximum Gasteiger partial charge on any atom is 0.211 e. The molecule has 0 unspecified atom stereocenters. The Morgan fingerprint density at radius 1 is 1.30 bits per heavy atom. The summed E-state index contributed by atoms with van der Waals surface area (Å²) in [6.07, 6.45) is 6.35. The van der Waals surface area contributed by atoms with Crippen LogP contribution in [0.1, 0.15) is 43.4 Å². The zero-order valence-electron chi connectivity index (χ0n) is 16.4. The van der Waals surface area contributed by atoms with Crippen molar-refractivity contribution in [3.8, 4) is 5.88 Å². The minimum Gasteiger partial charge on any atom is -0.486 e. The molecule has 2 aromatic rings. The van der Waals surface area contributed by atoms with Gasteiger partial charge in [-0.15, -0.1) is 0 Å². The van der Waals surface area contributed by atoms with E-state index in [9.17, 15) is 4.39 Å². The number of hydrogen-bond donors (Lipinski definition) is 1. The third kappa shape index (κ3) is 5.08. The van der Waals surface area contributed by atoms with Gasteiger partial charge >= 0.3 is 0 Å². The van der Waals surface area contributed by atoms with Gasteiger partial charge in [-0.1, -0.05) is 30.9 Å². The van der Waals surface area contributed by atoms with E-state index in [1.807, 2.05) is 33.5 Å². The highest BCUT2D eigenvalue weighted by Gasteiger charge is 2.29. The minimum absolute atomic E-state index is 0.321. The molecule has 0 amide bonds. The van der Waals surface area contributed by atoms with Gasteiger partial charge in [-0.25, -0.2) is 9.07 Å². The van der Waals surface area contributed by atoms with E-state index in [4.69, 9.17) is 21.4 Å². The van der Waals surface area contributed by atoms with Crippen LogP contribution in [0, 0.1) is 11.7 Å². The summed E-state index contributed by atoms with van der Waals surface area (Å²) in [6, 6.07) is 6.51. The highest BCUT2D eigenvalue weighted by atomic mass is 35.5. The van der Waals surface area contributed by atoms with Gasteiger partial charge in [0.2, 0.25) is 5.88 Å². The van der Waals surface area contributed by atoms with Gasteiger partial charge in [0.05, 0.1) is 11.1 Å². The first-order valence-electron chi connectivity index (χ1n) is 9.75. The second-order valence-corrected chi connectivity index (χ2v) is 8.36. The molecule has 4 nitrogen and oxygen atoms in total. The number of nitrogens with zero attached hydrogens (tertiary/aromatic N) is 2. The van der Waals surface area contributed by atoms with Gasteiger partial charge in [-0.05, 0) is 44.0 Å². The first kappa shape index (κ1) is 20.3. The van der Waals surface area contributed by atoms with Crippen molar-refractivity contribution in [1.29, 1.82) is 0 Å². The van der Waals surface area contributed by atoms with Gasteiger partial charge in [0.15, 0.2) is 15.7 Å². The van der Waals surface area contributed by atoms with E-state index in [0.29, 0.717) is 28.9 Å². The fourth-order valence-electron chi connectivity index (χ4n) is 3.82. The highest BCUT2D eigenvalue weighted by Crippen LogP contribution is 2.30. The van der Waals surface area contributed by atoms with Gasteiger partial charge in [0.25, 0.3) is 0 Å². The Bertz CT molecular complexity index is 778. The smallest absolute Gasteiger partial charge is 0.211 e. The third-order valence-electron chi connectivity index (χ3n) is 5.24. The Balaban J connectivity index is 1.86. The van der Waals surface area contributed by atoms with E-state index in [-0.39, 0.29) is 5.82 Å². The lowest BCUT2D eigenvalue weighted by Crippen LogP contribution is -2.36. The van der Waals surface area contributed by atoms with Crippen LogP contribution in [0.5, 0.6) is 5.88 Å². The zero-order valence-corrected chi connectivity index (χ0v) is 17.2. The average Bonchev–Trinajstić information content (AvgIpc) is 2.98. The number of benzene rings is 1. The van der Waals surface area contributed by atoms with Crippen LogP contribution in [0.4, 0.5) is 4.39 Å². The van der Waals surface area contributed by atoms with E-state index >= 15 is 0 Å². The molecule has 1 aromatic heterocycles. The summed E-state index contributed by atoms with van der Waals surface area (Å²) in [5.41, 5.74) is 1.36. The van der Waals surface area contributed by atoms with Crippen LogP contribution in [0.2, 0.25) is 5.02 Å². The minimum atomic E-state index is -0.865. The lowest BCUT2D eigenvalue weighted by Gasteiger charge is -2.29. The van der Waals surface area contributed by atoms with Gasteiger partial charge in [-0.3, -0.25) is 0 Å². The number of aromatic nitrogens is 2. The fourth-order valence-corrected chi connectivity index (χ4v) is 3.99. The molecular weight excluding hydrogens is 362 g/mol. The Morgan fingerprint density at radius 2 is 2.04 bits per heavy atom. The third-order valence-corrected chi connectivity index (χ3v) is 5.48. The maximum absolute atomic E-state index is 14.4. The number of halogens is 2. The molecule has 144 valence electrons. The summed E-state index contributed by atoms with van der Waals surface area (Å²) in [5.74, 6) is 0.975. The van der Waals surface area contributed by atoms with Gasteiger partial charge in [0.1, 0.15) is 5.82 Å². The SMILES string of the molecule is BC(B)(Oc1cc(CNC)nn1CC1CCCCC1)c1cc(Cl)ccc1F. The zero-order chi connectivity index (χ0) is 19.4. The first-order chi connectivity index (χ1) is 12.9. The van der Waals surface area contributed by atoms with Crippen molar-refractivity contribution in [2.75, 3.05) is 7.05 Å². The van der Waals surface area contributed by atoms with E-state index in [0.717, 1.165) is 12.2 Å². The molecule has 0 bridgehead atoms. The molecule has 0 aliphatic heterocycles. The van der Waals surface area contributed by atoms with Gasteiger partial charge in [0, 0.05) is 29.7 Å². The van der Waals surface area contributed by atoms with E-state index in [2.05, 4.69) is 5.32 Å². The Morgan fingerprint density at radius 3 is 2.74 bits per heavy atom. The Hall–Kier alpha value is -1.46. The van der Waals surface area contributed by atoms with Crippen molar-refractivity contribution in [3.63, 3.8) is 0 Å². The fraction of sp³-hybridized carbons (Fsp3) is 0.526. The molecule has 1 aliphatic carbocycles. The van der Waals surface area contributed by atoms with Crippen molar-refractivity contribution in [2.24, 2.45) is 5.92 Å². The molecule has 1 aliphatic rings. The number of nitrogens with one attached hydrogen (secondary N) is 1. The summed E-state index contributed by atoms with van der Waals surface area (Å²) >= 11 is 6.08. The molecule has 0 spiro atoms. The highest BCUT2D eigenvalue weighted by molar-refractivity contribution is 6.39. The second-order valence-electron chi connectivity index (χ2n) is 7.93. The van der Waals surface area contributed by atoms with Crippen molar-refractivity contribution < 1.29 is 9.13 Å². The molecule has 1 aromatic carbocycles. The summed E-state index contributed by atoms with van der Waals surface area (Å²) in [4.78, 5) is 0. The average molecular weight is 390 g/mol. The van der Waals surface area contributed by atoms with E-state index in [1.165, 1.54) is 38.2 Å². The predicted octanol–water partition coefficient (Wildman–Crippen LogP) is 2.43. The summed E-state index contributed by atoms with van der Waals surface area (Å²) in [7, 11) is 5.61. The van der Waals surface area contributed by atoms with Crippen LogP contribution in [0.15, 0.2) is 24.3 Å². The summed E-state index contributed by atoms with van der Waals surface area (Å²) in [5, 5.41) is 7.48. The van der Waals surface area contributed by atoms with Gasteiger partial charge in [-0.2, -0.15) is 5.10 Å². The number of hydrogen-bond acceptors (Lipinski definition) is 3. The first-order valence-corrected chi connectivity index (χ1v) is 10.1. The normalized spacial score (nSPS) is 15.8. The van der Waals surface area contributed by atoms with Crippen LogP contribution >= 0.6 is 11.6 Å². The number of ether oxygens (including phenoxy) is 1. The second kappa shape index (κ2) is 8.70. The Labute approximate surface area is 167 Å². The molecule has 27 heavy (non-hydrogen) atoms. The molecule has 1 N–H and O–H groups in total. The van der Waals surface area contributed by atoms with Crippen LogP contribution in [0.3, 0.4) is 0 Å². The molecule has 1 saturated carbocycles. The maximum atomic E-state index is 14.4. The Kier molecular flexibility index (Phi) is 6.53. The summed E-state index contributed by atoms with van der Waals surface area (Å²) < 4.78 is 22.6. The van der Waals surface area contributed by atoms with Crippen molar-refractivity contribution in [2.45, 2.75) is 50.6 Å². The summed E-state index contributed by atoms with van der Waals surface area (Å²) in [6.45, 7) is 1.51. The number of rotatable bonds is 7. The molecule has 1 heterocycles. The van der Waals surface area contributed by atoms with Crippen LogP contribution in [0.25, 0.3) is 0 Å².